The van der Waals surface area contributed by atoms with Crippen molar-refractivity contribution in [3.8, 4) is 5.75 Å². The predicted octanol–water partition coefficient (Wildman–Crippen LogP) is 1.86. The van der Waals surface area contributed by atoms with E-state index in [-0.39, 0.29) is 23.3 Å². The second-order valence-electron chi connectivity index (χ2n) is 8.20. The maximum absolute atomic E-state index is 15.3. The van der Waals surface area contributed by atoms with Crippen LogP contribution in [0.1, 0.15) is 47.9 Å². The minimum Gasteiger partial charge on any atom is -0.492 e. The molecule has 4 heterocycles. The molecular formula is C22H24FN5O3. The van der Waals surface area contributed by atoms with E-state index in [0.717, 1.165) is 41.1 Å². The Balaban J connectivity index is 1.64. The zero-order valence-electron chi connectivity index (χ0n) is 17.2. The average Bonchev–Trinajstić information content (AvgIpc) is 3.49. The summed E-state index contributed by atoms with van der Waals surface area (Å²) in [5, 5.41) is 0. The number of anilines is 1. The van der Waals surface area contributed by atoms with Crippen molar-refractivity contribution in [2.24, 2.45) is 5.73 Å². The van der Waals surface area contributed by atoms with Crippen molar-refractivity contribution >= 4 is 11.2 Å². The highest BCUT2D eigenvalue weighted by Gasteiger charge is 2.35. The van der Waals surface area contributed by atoms with Crippen LogP contribution in [-0.4, -0.2) is 34.6 Å². The summed E-state index contributed by atoms with van der Waals surface area (Å²) in [5.41, 5.74) is 7.81. The van der Waals surface area contributed by atoms with Crippen LogP contribution in [0.4, 0.5) is 10.1 Å². The van der Waals surface area contributed by atoms with Gasteiger partial charge < -0.3 is 15.4 Å². The van der Waals surface area contributed by atoms with Crippen LogP contribution in [0.25, 0.3) is 5.52 Å². The van der Waals surface area contributed by atoms with Crippen LogP contribution in [-0.2, 0) is 6.54 Å². The van der Waals surface area contributed by atoms with Gasteiger partial charge in [-0.1, -0.05) is 6.07 Å². The van der Waals surface area contributed by atoms with Gasteiger partial charge in [0.25, 0.3) is 5.56 Å². The third-order valence-electron chi connectivity index (χ3n) is 6.33. The van der Waals surface area contributed by atoms with E-state index in [4.69, 9.17) is 10.5 Å². The highest BCUT2D eigenvalue weighted by molar-refractivity contribution is 5.78. The Morgan fingerprint density at radius 2 is 2.10 bits per heavy atom. The quantitative estimate of drug-likeness (QED) is 0.646. The van der Waals surface area contributed by atoms with E-state index in [1.807, 2.05) is 17.0 Å². The molecule has 1 unspecified atom stereocenters. The third-order valence-corrected chi connectivity index (χ3v) is 6.33. The number of methoxy groups -OCH3 is 1. The third kappa shape index (κ3) is 3.20. The van der Waals surface area contributed by atoms with Crippen molar-refractivity contribution in [1.29, 1.82) is 0 Å². The number of aromatic nitrogens is 3. The highest BCUT2D eigenvalue weighted by Crippen LogP contribution is 2.45. The number of hydrogen-bond donors (Lipinski definition) is 2. The summed E-state index contributed by atoms with van der Waals surface area (Å²) in [4.78, 5) is 33.6. The van der Waals surface area contributed by atoms with E-state index in [2.05, 4.69) is 9.97 Å². The minimum absolute atomic E-state index is 0.0559. The Kier molecular flexibility index (Phi) is 4.77. The number of H-pyrrole nitrogens is 1. The van der Waals surface area contributed by atoms with Gasteiger partial charge in [-0.2, -0.15) is 0 Å². The maximum Gasteiger partial charge on any atom is 0.333 e. The van der Waals surface area contributed by atoms with E-state index in [9.17, 15) is 9.59 Å². The molecule has 2 aliphatic rings. The molecule has 0 spiro atoms. The lowest BCUT2D eigenvalue weighted by molar-refractivity contribution is 0.413. The van der Waals surface area contributed by atoms with Gasteiger partial charge in [-0.15, -0.1) is 0 Å². The first-order chi connectivity index (χ1) is 15.0. The van der Waals surface area contributed by atoms with Gasteiger partial charge >= 0.3 is 5.69 Å². The summed E-state index contributed by atoms with van der Waals surface area (Å²) >= 11 is 0. The van der Waals surface area contributed by atoms with Crippen LogP contribution in [0.3, 0.4) is 0 Å². The second kappa shape index (κ2) is 7.49. The van der Waals surface area contributed by atoms with Gasteiger partial charge in [0.2, 0.25) is 0 Å². The SMILES string of the molecule is COc1c(N2CCC(c3cccnc3CN)C2)c(F)cn2c(=O)[nH]c(=O)c(C3CC3)c12. The minimum atomic E-state index is -0.671. The molecular weight excluding hydrogens is 401 g/mol. The summed E-state index contributed by atoms with van der Waals surface area (Å²) in [5.74, 6) is -0.126. The second-order valence-corrected chi connectivity index (χ2v) is 8.20. The molecule has 5 rings (SSSR count). The Morgan fingerprint density at radius 1 is 1.29 bits per heavy atom. The lowest BCUT2D eigenvalue weighted by atomic mass is 9.97. The van der Waals surface area contributed by atoms with Gasteiger partial charge in [0.1, 0.15) is 11.2 Å². The highest BCUT2D eigenvalue weighted by atomic mass is 19.1. The van der Waals surface area contributed by atoms with Crippen molar-refractivity contribution in [2.45, 2.75) is 37.6 Å². The number of pyridine rings is 2. The van der Waals surface area contributed by atoms with E-state index in [1.165, 1.54) is 7.11 Å². The van der Waals surface area contributed by atoms with E-state index in [1.54, 1.807) is 6.20 Å². The van der Waals surface area contributed by atoms with Crippen LogP contribution < -0.4 is 26.6 Å². The molecule has 1 atom stereocenters. The molecule has 1 aliphatic heterocycles. The zero-order valence-corrected chi connectivity index (χ0v) is 17.2. The van der Waals surface area contributed by atoms with Gasteiger partial charge in [-0.25, -0.2) is 9.18 Å². The van der Waals surface area contributed by atoms with Gasteiger partial charge in [0, 0.05) is 37.3 Å². The first-order valence-corrected chi connectivity index (χ1v) is 10.5. The first kappa shape index (κ1) is 19.7. The largest absolute Gasteiger partial charge is 0.492 e. The number of nitrogens with two attached hydrogens (primary N) is 1. The van der Waals surface area contributed by atoms with Crippen molar-refractivity contribution in [2.75, 3.05) is 25.1 Å². The zero-order chi connectivity index (χ0) is 21.7. The van der Waals surface area contributed by atoms with E-state index < -0.39 is 17.1 Å². The summed E-state index contributed by atoms with van der Waals surface area (Å²) in [6.45, 7) is 1.52. The Labute approximate surface area is 177 Å². The smallest absolute Gasteiger partial charge is 0.333 e. The molecule has 1 saturated carbocycles. The molecule has 162 valence electrons. The molecule has 1 saturated heterocycles. The van der Waals surface area contributed by atoms with E-state index >= 15 is 4.39 Å². The number of rotatable bonds is 5. The lowest BCUT2D eigenvalue weighted by Crippen LogP contribution is -2.30. The fraction of sp³-hybridized carbons (Fsp3) is 0.409. The summed E-state index contributed by atoms with van der Waals surface area (Å²) < 4.78 is 22.1. The van der Waals surface area contributed by atoms with Crippen molar-refractivity contribution in [3.05, 3.63) is 68.0 Å². The number of aromatic amines is 1. The van der Waals surface area contributed by atoms with Crippen LogP contribution in [0.5, 0.6) is 5.75 Å². The number of halogens is 1. The number of ether oxygens (including phenoxy) is 1. The maximum atomic E-state index is 15.3. The fourth-order valence-electron chi connectivity index (χ4n) is 4.76. The van der Waals surface area contributed by atoms with Gasteiger partial charge in [-0.05, 0) is 36.8 Å². The number of fused-ring (bicyclic) bond motifs is 1. The fourth-order valence-corrected chi connectivity index (χ4v) is 4.76. The molecule has 0 aromatic carbocycles. The van der Waals surface area contributed by atoms with Crippen LogP contribution in [0, 0.1) is 5.82 Å². The molecule has 3 aromatic rings. The molecule has 9 heteroatoms. The summed E-state index contributed by atoms with van der Waals surface area (Å²) in [6.07, 6.45) is 5.41. The average molecular weight is 425 g/mol. The lowest BCUT2D eigenvalue weighted by Gasteiger charge is -2.24. The monoisotopic (exact) mass is 425 g/mol. The predicted molar refractivity (Wildman–Crippen MR) is 114 cm³/mol. The van der Waals surface area contributed by atoms with Crippen LogP contribution in [0.2, 0.25) is 0 Å². The van der Waals surface area contributed by atoms with Crippen molar-refractivity contribution < 1.29 is 9.13 Å². The molecule has 0 amide bonds. The topological polar surface area (TPSA) is 106 Å². The molecule has 1 aliphatic carbocycles. The molecule has 2 fully saturated rings. The number of nitrogens with zero attached hydrogens (tertiary/aromatic N) is 3. The number of nitrogens with one attached hydrogen (secondary N) is 1. The Hall–Kier alpha value is -3.20. The standard InChI is InChI=1S/C22H24FN5O3/c1-31-20-18(27-8-6-13(10-27)14-3-2-7-25-16(14)9-24)15(23)11-28-19(20)17(12-4-5-12)21(29)26-22(28)30/h2-3,7,11-13H,4-6,8-10,24H2,1H3,(H,26,29,30). The van der Waals surface area contributed by atoms with E-state index in [0.29, 0.717) is 30.7 Å². The molecule has 3 N–H and O–H groups in total. The Bertz CT molecular complexity index is 1280. The van der Waals surface area contributed by atoms with Crippen LogP contribution >= 0.6 is 0 Å². The van der Waals surface area contributed by atoms with Crippen molar-refractivity contribution in [3.63, 3.8) is 0 Å². The molecule has 31 heavy (non-hydrogen) atoms. The first-order valence-electron chi connectivity index (χ1n) is 10.5. The Morgan fingerprint density at radius 3 is 2.81 bits per heavy atom. The normalized spacial score (nSPS) is 18.7. The number of hydrogen-bond acceptors (Lipinski definition) is 6. The van der Waals surface area contributed by atoms with Gasteiger partial charge in [0.15, 0.2) is 11.6 Å². The van der Waals surface area contributed by atoms with Crippen LogP contribution in [0.15, 0.2) is 34.1 Å². The molecule has 0 radical (unpaired) electrons. The summed E-state index contributed by atoms with van der Waals surface area (Å²) in [6, 6.07) is 3.90. The van der Waals surface area contributed by atoms with Gasteiger partial charge in [-0.3, -0.25) is 19.2 Å². The molecule has 0 bridgehead atoms. The molecule has 3 aromatic heterocycles. The van der Waals surface area contributed by atoms with Gasteiger partial charge in [0.05, 0.1) is 19.0 Å². The summed E-state index contributed by atoms with van der Waals surface area (Å²) in [7, 11) is 1.45. The molecule has 8 nitrogen and oxygen atoms in total. The van der Waals surface area contributed by atoms with Crippen molar-refractivity contribution in [1.82, 2.24) is 14.4 Å².